The Morgan fingerprint density at radius 2 is 2.03 bits per heavy atom. The summed E-state index contributed by atoms with van der Waals surface area (Å²) in [5, 5.41) is 19.7. The van der Waals surface area contributed by atoms with Crippen molar-refractivity contribution in [2.24, 2.45) is 0 Å². The molecule has 0 amide bonds. The maximum Gasteiger partial charge on any atom is 0.168 e. The summed E-state index contributed by atoms with van der Waals surface area (Å²) >= 11 is 0. The van der Waals surface area contributed by atoms with E-state index in [0.717, 1.165) is 47.2 Å². The lowest BCUT2D eigenvalue weighted by molar-refractivity contribution is 0.195. The molecule has 33 heavy (non-hydrogen) atoms. The number of fused-ring (bicyclic) bond motifs is 2. The first-order chi connectivity index (χ1) is 16.2. The van der Waals surface area contributed by atoms with Gasteiger partial charge in [-0.15, -0.1) is 0 Å². The molecule has 5 aromatic rings. The van der Waals surface area contributed by atoms with E-state index in [0.29, 0.717) is 12.2 Å². The number of benzene rings is 1. The van der Waals surface area contributed by atoms with Crippen LogP contribution < -0.4 is 5.32 Å². The quantitative estimate of drug-likeness (QED) is 0.267. The third kappa shape index (κ3) is 4.44. The SMILES string of the molecule is COCCCc1ccn2c(C(O)Nc3cccc4c3cnn4Cc3cccnc3)cnc2c1. The van der Waals surface area contributed by atoms with Crippen LogP contribution in [0.1, 0.15) is 29.5 Å². The summed E-state index contributed by atoms with van der Waals surface area (Å²) < 4.78 is 8.97. The molecule has 0 saturated heterocycles. The molecule has 8 nitrogen and oxygen atoms in total. The number of nitrogens with one attached hydrogen (secondary N) is 1. The molecule has 0 saturated carbocycles. The fraction of sp³-hybridized carbons (Fsp3) is 0.240. The van der Waals surface area contributed by atoms with E-state index in [2.05, 4.69) is 32.5 Å². The van der Waals surface area contributed by atoms with E-state index in [-0.39, 0.29) is 0 Å². The van der Waals surface area contributed by atoms with Crippen LogP contribution in [0.15, 0.2) is 73.4 Å². The zero-order chi connectivity index (χ0) is 22.6. The number of aromatic nitrogens is 5. The number of aliphatic hydroxyl groups is 1. The highest BCUT2D eigenvalue weighted by Gasteiger charge is 2.16. The molecule has 4 heterocycles. The van der Waals surface area contributed by atoms with Crippen LogP contribution in [0.2, 0.25) is 0 Å². The van der Waals surface area contributed by atoms with Crippen LogP contribution in [0.3, 0.4) is 0 Å². The van der Waals surface area contributed by atoms with Crippen molar-refractivity contribution >= 4 is 22.2 Å². The van der Waals surface area contributed by atoms with Crippen molar-refractivity contribution in [3.8, 4) is 0 Å². The molecular formula is C25H26N6O2. The fourth-order valence-corrected chi connectivity index (χ4v) is 4.06. The second-order valence-corrected chi connectivity index (χ2v) is 7.99. The van der Waals surface area contributed by atoms with Gasteiger partial charge in [0.25, 0.3) is 0 Å². The zero-order valence-corrected chi connectivity index (χ0v) is 18.4. The Kier molecular flexibility index (Phi) is 6.01. The molecule has 0 aliphatic rings. The van der Waals surface area contributed by atoms with Gasteiger partial charge in [0, 0.05) is 43.4 Å². The zero-order valence-electron chi connectivity index (χ0n) is 18.4. The molecule has 0 bridgehead atoms. The Labute approximate surface area is 191 Å². The molecule has 0 fully saturated rings. The van der Waals surface area contributed by atoms with E-state index < -0.39 is 6.23 Å². The fourth-order valence-electron chi connectivity index (χ4n) is 4.06. The number of methoxy groups -OCH3 is 1. The number of hydrogen-bond acceptors (Lipinski definition) is 6. The van der Waals surface area contributed by atoms with Crippen molar-refractivity contribution in [3.63, 3.8) is 0 Å². The number of ether oxygens (including phenoxy) is 1. The minimum atomic E-state index is -0.924. The smallest absolute Gasteiger partial charge is 0.168 e. The van der Waals surface area contributed by atoms with E-state index in [1.54, 1.807) is 19.5 Å². The van der Waals surface area contributed by atoms with Gasteiger partial charge in [0.15, 0.2) is 6.23 Å². The first kappa shape index (κ1) is 21.1. The summed E-state index contributed by atoms with van der Waals surface area (Å²) in [6, 6.07) is 14.0. The van der Waals surface area contributed by atoms with Crippen LogP contribution in [0.25, 0.3) is 16.6 Å². The average molecular weight is 443 g/mol. The summed E-state index contributed by atoms with van der Waals surface area (Å²) in [4.78, 5) is 8.67. The van der Waals surface area contributed by atoms with Gasteiger partial charge in [-0.2, -0.15) is 5.10 Å². The van der Waals surface area contributed by atoms with E-state index in [4.69, 9.17) is 4.74 Å². The summed E-state index contributed by atoms with van der Waals surface area (Å²) in [7, 11) is 1.71. The van der Waals surface area contributed by atoms with Crippen LogP contribution in [0.4, 0.5) is 5.69 Å². The summed E-state index contributed by atoms with van der Waals surface area (Å²) in [5.41, 5.74) is 5.55. The standard InChI is InChI=1S/C25H26N6O2/c1-33-12-4-6-18-9-11-30-23(16-27-24(30)13-18)25(32)29-21-7-2-8-22-20(21)15-28-31(22)17-19-5-3-10-26-14-19/h2-3,5,7-11,13-16,25,29,32H,4,6,12,17H2,1H3. The third-order valence-electron chi connectivity index (χ3n) is 5.74. The summed E-state index contributed by atoms with van der Waals surface area (Å²) in [6.07, 6.45) is 10.0. The van der Waals surface area contributed by atoms with Crippen molar-refractivity contribution in [2.75, 3.05) is 19.0 Å². The number of aliphatic hydroxyl groups excluding tert-OH is 1. The lowest BCUT2D eigenvalue weighted by Gasteiger charge is -2.15. The Morgan fingerprint density at radius 3 is 2.88 bits per heavy atom. The minimum Gasteiger partial charge on any atom is -0.385 e. The van der Waals surface area contributed by atoms with Gasteiger partial charge in [0.05, 0.1) is 30.1 Å². The monoisotopic (exact) mass is 442 g/mol. The number of imidazole rings is 1. The number of aryl methyl sites for hydroxylation is 1. The molecule has 2 N–H and O–H groups in total. The Bertz CT molecular complexity index is 1360. The van der Waals surface area contributed by atoms with Crippen molar-refractivity contribution < 1.29 is 9.84 Å². The van der Waals surface area contributed by atoms with Crippen molar-refractivity contribution in [2.45, 2.75) is 25.6 Å². The van der Waals surface area contributed by atoms with E-state index in [1.807, 2.05) is 58.0 Å². The highest BCUT2D eigenvalue weighted by molar-refractivity contribution is 5.91. The van der Waals surface area contributed by atoms with Crippen LogP contribution in [0.5, 0.6) is 0 Å². The molecule has 168 valence electrons. The van der Waals surface area contributed by atoms with Crippen LogP contribution in [-0.2, 0) is 17.7 Å². The third-order valence-corrected chi connectivity index (χ3v) is 5.74. The summed E-state index contributed by atoms with van der Waals surface area (Å²) in [5.74, 6) is 0. The highest BCUT2D eigenvalue weighted by atomic mass is 16.5. The molecule has 1 aromatic carbocycles. The molecule has 1 atom stereocenters. The molecule has 0 aliphatic carbocycles. The number of hydrogen-bond donors (Lipinski definition) is 2. The van der Waals surface area contributed by atoms with E-state index in [1.165, 1.54) is 5.56 Å². The number of pyridine rings is 2. The molecule has 0 spiro atoms. The molecule has 5 rings (SSSR count). The Balaban J connectivity index is 1.37. The van der Waals surface area contributed by atoms with Gasteiger partial charge in [-0.3, -0.25) is 14.1 Å². The second-order valence-electron chi connectivity index (χ2n) is 7.99. The van der Waals surface area contributed by atoms with Crippen LogP contribution in [0, 0.1) is 0 Å². The number of nitrogens with zero attached hydrogens (tertiary/aromatic N) is 5. The maximum atomic E-state index is 11.0. The average Bonchev–Trinajstić information content (AvgIpc) is 3.45. The molecule has 0 radical (unpaired) electrons. The number of rotatable bonds is 9. The molecular weight excluding hydrogens is 416 g/mol. The lowest BCUT2D eigenvalue weighted by atomic mass is 10.1. The molecule has 1 unspecified atom stereocenters. The van der Waals surface area contributed by atoms with Crippen molar-refractivity contribution in [1.82, 2.24) is 24.1 Å². The first-order valence-corrected chi connectivity index (χ1v) is 11.0. The van der Waals surface area contributed by atoms with Gasteiger partial charge in [0.2, 0.25) is 0 Å². The van der Waals surface area contributed by atoms with Gasteiger partial charge < -0.3 is 15.2 Å². The van der Waals surface area contributed by atoms with Gasteiger partial charge in [-0.1, -0.05) is 12.1 Å². The van der Waals surface area contributed by atoms with Crippen molar-refractivity contribution in [3.05, 3.63) is 90.3 Å². The van der Waals surface area contributed by atoms with Gasteiger partial charge >= 0.3 is 0 Å². The number of anilines is 1. The molecule has 8 heteroatoms. The Morgan fingerprint density at radius 1 is 1.09 bits per heavy atom. The lowest BCUT2D eigenvalue weighted by Crippen LogP contribution is -2.12. The highest BCUT2D eigenvalue weighted by Crippen LogP contribution is 2.27. The van der Waals surface area contributed by atoms with Crippen molar-refractivity contribution in [1.29, 1.82) is 0 Å². The van der Waals surface area contributed by atoms with Gasteiger partial charge in [-0.05, 0) is 54.3 Å². The van der Waals surface area contributed by atoms with E-state index >= 15 is 0 Å². The maximum absolute atomic E-state index is 11.0. The largest absolute Gasteiger partial charge is 0.385 e. The molecule has 4 aromatic heterocycles. The second kappa shape index (κ2) is 9.40. The van der Waals surface area contributed by atoms with Crippen LogP contribution >= 0.6 is 0 Å². The van der Waals surface area contributed by atoms with Gasteiger partial charge in [-0.25, -0.2) is 4.98 Å². The van der Waals surface area contributed by atoms with Gasteiger partial charge in [0.1, 0.15) is 5.65 Å². The topological polar surface area (TPSA) is 89.5 Å². The van der Waals surface area contributed by atoms with E-state index in [9.17, 15) is 5.11 Å². The Hall–Kier alpha value is -3.75. The predicted molar refractivity (Wildman–Crippen MR) is 127 cm³/mol. The minimum absolute atomic E-state index is 0.628. The first-order valence-electron chi connectivity index (χ1n) is 11.0. The summed E-state index contributed by atoms with van der Waals surface area (Å²) in [6.45, 7) is 1.36. The van der Waals surface area contributed by atoms with Crippen LogP contribution in [-0.4, -0.2) is 43.0 Å². The normalized spacial score (nSPS) is 12.4. The predicted octanol–water partition coefficient (Wildman–Crippen LogP) is 3.81. The molecule has 0 aliphatic heterocycles.